The van der Waals surface area contributed by atoms with Crippen molar-refractivity contribution in [2.75, 3.05) is 5.32 Å². The van der Waals surface area contributed by atoms with E-state index >= 15 is 0 Å². The monoisotopic (exact) mass is 403 g/mol. The Balaban J connectivity index is 1.79. The van der Waals surface area contributed by atoms with Crippen LogP contribution < -0.4 is 21.3 Å². The number of hydrogen-bond acceptors (Lipinski definition) is 7. The third-order valence-corrected chi connectivity index (χ3v) is 4.00. The summed E-state index contributed by atoms with van der Waals surface area (Å²) in [4.78, 5) is 36.3. The second-order valence-corrected chi connectivity index (χ2v) is 6.07. The number of halogens is 1. The molecule has 0 spiro atoms. The van der Waals surface area contributed by atoms with Gasteiger partial charge in [0.2, 0.25) is 11.8 Å². The van der Waals surface area contributed by atoms with E-state index in [4.69, 9.17) is 16.3 Å². The van der Waals surface area contributed by atoms with Crippen molar-refractivity contribution in [3.63, 3.8) is 0 Å². The van der Waals surface area contributed by atoms with Crippen molar-refractivity contribution in [1.82, 2.24) is 19.3 Å². The van der Waals surface area contributed by atoms with Crippen molar-refractivity contribution in [2.45, 2.75) is 0 Å². The van der Waals surface area contributed by atoms with Gasteiger partial charge in [0.05, 0.1) is 0 Å². The predicted molar refractivity (Wildman–Crippen MR) is 100 cm³/mol. The van der Waals surface area contributed by atoms with E-state index in [0.717, 1.165) is 9.13 Å². The quantitative estimate of drug-likeness (QED) is 0.671. The maximum Gasteiger partial charge on any atom is 0.333 e. The van der Waals surface area contributed by atoms with Gasteiger partial charge in [0.25, 0.3) is 11.5 Å². The van der Waals surface area contributed by atoms with Crippen LogP contribution in [0.4, 0.5) is 5.69 Å². The third-order valence-electron chi connectivity index (χ3n) is 3.80. The predicted octanol–water partition coefficient (Wildman–Crippen LogP) is 1.28. The lowest BCUT2D eigenvalue weighted by Gasteiger charge is -2.11. The van der Waals surface area contributed by atoms with Crippen molar-refractivity contribution < 1.29 is 14.6 Å². The van der Waals surface area contributed by atoms with E-state index in [1.54, 1.807) is 18.2 Å². The van der Waals surface area contributed by atoms with E-state index in [1.807, 2.05) is 0 Å². The van der Waals surface area contributed by atoms with Gasteiger partial charge in [-0.2, -0.15) is 0 Å². The van der Waals surface area contributed by atoms with E-state index < -0.39 is 28.6 Å². The maximum atomic E-state index is 12.4. The number of ether oxygens (including phenoxy) is 1. The highest BCUT2D eigenvalue weighted by atomic mass is 35.5. The van der Waals surface area contributed by atoms with Crippen molar-refractivity contribution in [1.29, 1.82) is 0 Å². The average molecular weight is 404 g/mol. The zero-order valence-corrected chi connectivity index (χ0v) is 15.5. The highest BCUT2D eigenvalue weighted by Crippen LogP contribution is 2.22. The van der Waals surface area contributed by atoms with Crippen molar-refractivity contribution in [3.8, 4) is 17.5 Å². The highest BCUT2D eigenvalue weighted by Gasteiger charge is 2.21. The summed E-state index contributed by atoms with van der Waals surface area (Å²) in [7, 11) is 2.46. The molecule has 0 aliphatic heterocycles. The van der Waals surface area contributed by atoms with Gasteiger partial charge in [0, 0.05) is 25.8 Å². The molecular weight excluding hydrogens is 390 g/mol. The van der Waals surface area contributed by atoms with Crippen LogP contribution in [0.1, 0.15) is 10.4 Å². The summed E-state index contributed by atoms with van der Waals surface area (Å²) in [5.41, 5.74) is -1.85. The minimum absolute atomic E-state index is 0.234. The zero-order chi connectivity index (χ0) is 20.4. The molecule has 0 saturated heterocycles. The fraction of sp³-hybridized carbons (Fsp3) is 0.118. The van der Waals surface area contributed by atoms with E-state index in [1.165, 1.54) is 32.3 Å². The summed E-state index contributed by atoms with van der Waals surface area (Å²) in [6.45, 7) is 0. The van der Waals surface area contributed by atoms with Crippen molar-refractivity contribution in [3.05, 3.63) is 68.0 Å². The van der Waals surface area contributed by atoms with Gasteiger partial charge in [-0.3, -0.25) is 18.7 Å². The summed E-state index contributed by atoms with van der Waals surface area (Å²) < 4.78 is 7.03. The molecule has 1 amide bonds. The van der Waals surface area contributed by atoms with Crippen molar-refractivity contribution >= 4 is 23.2 Å². The Morgan fingerprint density at radius 3 is 2.36 bits per heavy atom. The zero-order valence-electron chi connectivity index (χ0n) is 14.7. The first-order valence-corrected chi connectivity index (χ1v) is 8.23. The minimum Gasteiger partial charge on any atom is -0.494 e. The van der Waals surface area contributed by atoms with Gasteiger partial charge >= 0.3 is 5.69 Å². The summed E-state index contributed by atoms with van der Waals surface area (Å²) in [6.07, 6.45) is 0. The van der Waals surface area contributed by atoms with Crippen LogP contribution in [0, 0.1) is 0 Å². The van der Waals surface area contributed by atoms with Gasteiger partial charge in [0.15, 0.2) is 10.7 Å². The molecule has 0 atom stereocenters. The Morgan fingerprint density at radius 1 is 1.07 bits per heavy atom. The molecular formula is C17H14ClN5O5. The summed E-state index contributed by atoms with van der Waals surface area (Å²) >= 11 is 5.65. The second kappa shape index (κ2) is 7.53. The maximum absolute atomic E-state index is 12.4. The van der Waals surface area contributed by atoms with Crippen LogP contribution >= 0.6 is 11.6 Å². The lowest BCUT2D eigenvalue weighted by Crippen LogP contribution is -2.40. The molecule has 10 nitrogen and oxygen atoms in total. The molecule has 0 radical (unpaired) electrons. The Hall–Kier alpha value is -3.66. The summed E-state index contributed by atoms with van der Waals surface area (Å²) in [6, 6.07) is 9.25. The fourth-order valence-electron chi connectivity index (χ4n) is 2.31. The topological polar surface area (TPSA) is 128 Å². The van der Waals surface area contributed by atoms with Crippen LogP contribution in [-0.2, 0) is 14.1 Å². The molecule has 3 aromatic rings. The van der Waals surface area contributed by atoms with Gasteiger partial charge in [-0.25, -0.2) is 4.79 Å². The number of anilines is 1. The molecule has 0 saturated carbocycles. The normalized spacial score (nSPS) is 10.5. The lowest BCUT2D eigenvalue weighted by molar-refractivity contribution is 0.102. The van der Waals surface area contributed by atoms with Gasteiger partial charge in [0.1, 0.15) is 5.75 Å². The molecule has 0 fully saturated rings. The van der Waals surface area contributed by atoms with Crippen LogP contribution in [0.3, 0.4) is 0 Å². The summed E-state index contributed by atoms with van der Waals surface area (Å²) in [5.74, 6) is -0.909. The molecule has 0 aliphatic carbocycles. The third kappa shape index (κ3) is 3.71. The molecule has 2 aromatic heterocycles. The number of nitrogens with zero attached hydrogens (tertiary/aromatic N) is 4. The molecule has 2 heterocycles. The molecule has 144 valence electrons. The fourth-order valence-corrected chi connectivity index (χ4v) is 2.41. The van der Waals surface area contributed by atoms with E-state index in [0.29, 0.717) is 11.4 Å². The van der Waals surface area contributed by atoms with Gasteiger partial charge in [-0.1, -0.05) is 11.6 Å². The molecule has 3 rings (SSSR count). The highest BCUT2D eigenvalue weighted by molar-refractivity contribution is 6.29. The standard InChI is InChI=1S/C17H14ClN5O5/c1-22-15(25)13(16(26)23(2)17(22)27)14(24)19-9-3-5-10(6-4-9)28-12-8-7-11(18)20-21-12/h3-8,25H,1-2H3,(H,19,24). The van der Waals surface area contributed by atoms with E-state index in [2.05, 4.69) is 15.5 Å². The molecule has 0 unspecified atom stereocenters. The molecule has 0 bridgehead atoms. The Kier molecular flexibility index (Phi) is 5.14. The molecule has 11 heteroatoms. The number of carbonyl (C=O) groups excluding carboxylic acids is 1. The number of aromatic hydroxyl groups is 1. The molecule has 1 aromatic carbocycles. The Morgan fingerprint density at radius 2 is 1.75 bits per heavy atom. The van der Waals surface area contributed by atoms with Gasteiger partial charge in [-0.05, 0) is 30.3 Å². The molecule has 28 heavy (non-hydrogen) atoms. The first kappa shape index (κ1) is 19.1. The van der Waals surface area contributed by atoms with E-state index in [-0.39, 0.29) is 11.0 Å². The Bertz CT molecular complexity index is 1150. The minimum atomic E-state index is -0.903. The first-order chi connectivity index (χ1) is 13.3. The number of hydrogen-bond donors (Lipinski definition) is 2. The number of amides is 1. The largest absolute Gasteiger partial charge is 0.494 e. The molecule has 2 N–H and O–H groups in total. The van der Waals surface area contributed by atoms with Crippen LogP contribution in [0.5, 0.6) is 17.5 Å². The van der Waals surface area contributed by atoms with Crippen LogP contribution in [0.15, 0.2) is 46.0 Å². The van der Waals surface area contributed by atoms with Crippen LogP contribution in [0.2, 0.25) is 5.15 Å². The van der Waals surface area contributed by atoms with Crippen LogP contribution in [-0.4, -0.2) is 30.3 Å². The average Bonchev–Trinajstić information content (AvgIpc) is 2.68. The number of aromatic nitrogens is 4. The van der Waals surface area contributed by atoms with Gasteiger partial charge in [-0.15, -0.1) is 10.2 Å². The second-order valence-electron chi connectivity index (χ2n) is 5.68. The smallest absolute Gasteiger partial charge is 0.333 e. The number of benzene rings is 1. The summed E-state index contributed by atoms with van der Waals surface area (Å²) in [5, 5.41) is 20.1. The van der Waals surface area contributed by atoms with Crippen LogP contribution in [0.25, 0.3) is 0 Å². The Labute approximate surface area is 162 Å². The number of rotatable bonds is 4. The lowest BCUT2D eigenvalue weighted by atomic mass is 10.2. The molecule has 0 aliphatic rings. The number of nitrogens with one attached hydrogen (secondary N) is 1. The SMILES string of the molecule is Cn1c(O)c(C(=O)Nc2ccc(Oc3ccc(Cl)nn3)cc2)c(=O)n(C)c1=O. The first-order valence-electron chi connectivity index (χ1n) is 7.85. The number of carbonyl (C=O) groups is 1. The van der Waals surface area contributed by atoms with Crippen molar-refractivity contribution in [2.24, 2.45) is 14.1 Å². The van der Waals surface area contributed by atoms with Gasteiger partial charge < -0.3 is 15.2 Å². The van der Waals surface area contributed by atoms with E-state index in [9.17, 15) is 19.5 Å².